The van der Waals surface area contributed by atoms with Crippen molar-refractivity contribution in [3.05, 3.63) is 109 Å². The highest BCUT2D eigenvalue weighted by molar-refractivity contribution is 5.70. The maximum Gasteiger partial charge on any atom is 0.306 e. The maximum atomic E-state index is 12.8. The van der Waals surface area contributed by atoms with Gasteiger partial charge in [0.15, 0.2) is 6.10 Å². The van der Waals surface area contributed by atoms with Crippen LogP contribution < -0.4 is 0 Å². The van der Waals surface area contributed by atoms with Crippen molar-refractivity contribution < 1.29 is 23.8 Å². The highest BCUT2D eigenvalue weighted by atomic mass is 16.6. The number of rotatable bonds is 45. The summed E-state index contributed by atoms with van der Waals surface area (Å²) in [6.07, 6.45) is 70.9. The number of ether oxygens (including phenoxy) is 3. The van der Waals surface area contributed by atoms with Gasteiger partial charge in [0.2, 0.25) is 0 Å². The standard InChI is InChI=1S/C57H94O5/c1-4-7-10-13-16-19-22-25-27-28-29-30-31-33-35-38-41-44-47-50-56(58)61-54-55(53-60-52-49-46-43-40-37-34-26-23-20-17-14-11-8-5-2)62-57(59)51-48-45-42-39-36-32-24-21-18-15-12-9-6-3/h7,9-12,14,16,18-21,23,25,27,29-30,32,36,55H,4-6,8,13,15,17,22,24,26,28,31,33-35,37-54H2,1-3H3/b10-7-,12-9-,14-11-,19-16-,21-18-,23-20-,27-25-,30-29-,36-32-. The predicted molar refractivity (Wildman–Crippen MR) is 269 cm³/mol. The molecule has 1 unspecified atom stereocenters. The van der Waals surface area contributed by atoms with Crippen LogP contribution in [0.25, 0.3) is 0 Å². The van der Waals surface area contributed by atoms with Gasteiger partial charge in [0.25, 0.3) is 0 Å². The van der Waals surface area contributed by atoms with Crippen LogP contribution in [-0.2, 0) is 23.8 Å². The molecule has 5 heteroatoms. The van der Waals surface area contributed by atoms with Crippen molar-refractivity contribution in [2.24, 2.45) is 0 Å². The number of hydrogen-bond acceptors (Lipinski definition) is 5. The molecule has 0 bridgehead atoms. The Hall–Kier alpha value is -3.44. The normalized spacial score (nSPS) is 13.1. The van der Waals surface area contributed by atoms with Crippen molar-refractivity contribution in [1.29, 1.82) is 0 Å². The molecule has 0 saturated carbocycles. The van der Waals surface area contributed by atoms with Gasteiger partial charge in [0.05, 0.1) is 6.61 Å². The van der Waals surface area contributed by atoms with Crippen LogP contribution in [0.4, 0.5) is 0 Å². The molecule has 0 amide bonds. The quantitative estimate of drug-likeness (QED) is 0.0347. The Kier molecular flexibility index (Phi) is 49.0. The molecule has 352 valence electrons. The van der Waals surface area contributed by atoms with E-state index in [1.54, 1.807) is 0 Å². The van der Waals surface area contributed by atoms with E-state index in [9.17, 15) is 9.59 Å². The summed E-state index contributed by atoms with van der Waals surface area (Å²) in [5, 5.41) is 0. The van der Waals surface area contributed by atoms with E-state index < -0.39 is 6.10 Å². The molecule has 0 saturated heterocycles. The van der Waals surface area contributed by atoms with Gasteiger partial charge in [-0.3, -0.25) is 9.59 Å². The first-order chi connectivity index (χ1) is 30.6. The van der Waals surface area contributed by atoms with Crippen molar-refractivity contribution >= 4 is 11.9 Å². The molecule has 0 aliphatic heterocycles. The minimum Gasteiger partial charge on any atom is -0.462 e. The monoisotopic (exact) mass is 859 g/mol. The van der Waals surface area contributed by atoms with Gasteiger partial charge >= 0.3 is 11.9 Å². The number of hydrogen-bond donors (Lipinski definition) is 0. The van der Waals surface area contributed by atoms with Gasteiger partial charge < -0.3 is 14.2 Å². The second-order valence-electron chi connectivity index (χ2n) is 16.3. The van der Waals surface area contributed by atoms with E-state index in [-0.39, 0.29) is 25.2 Å². The first kappa shape index (κ1) is 58.6. The van der Waals surface area contributed by atoms with Gasteiger partial charge in [-0.15, -0.1) is 0 Å². The van der Waals surface area contributed by atoms with Gasteiger partial charge in [0.1, 0.15) is 6.61 Å². The van der Waals surface area contributed by atoms with E-state index >= 15 is 0 Å². The lowest BCUT2D eigenvalue weighted by atomic mass is 10.1. The van der Waals surface area contributed by atoms with E-state index in [1.807, 2.05) is 0 Å². The second-order valence-corrected chi connectivity index (χ2v) is 16.3. The van der Waals surface area contributed by atoms with Crippen molar-refractivity contribution in [3.8, 4) is 0 Å². The second kappa shape index (κ2) is 51.9. The average Bonchev–Trinajstić information content (AvgIpc) is 3.27. The minimum absolute atomic E-state index is 0.0550. The van der Waals surface area contributed by atoms with Crippen molar-refractivity contribution in [2.75, 3.05) is 19.8 Å². The summed E-state index contributed by atoms with van der Waals surface area (Å²) in [4.78, 5) is 25.4. The average molecular weight is 859 g/mol. The Bertz CT molecular complexity index is 1250. The molecule has 5 nitrogen and oxygen atoms in total. The van der Waals surface area contributed by atoms with E-state index in [0.717, 1.165) is 122 Å². The molecule has 0 heterocycles. The van der Waals surface area contributed by atoms with Crippen molar-refractivity contribution in [1.82, 2.24) is 0 Å². The molecular weight excluding hydrogens is 765 g/mol. The van der Waals surface area contributed by atoms with Gasteiger partial charge in [-0.1, -0.05) is 194 Å². The van der Waals surface area contributed by atoms with Gasteiger partial charge in [0, 0.05) is 19.4 Å². The largest absolute Gasteiger partial charge is 0.462 e. The Balaban J connectivity index is 4.35. The van der Waals surface area contributed by atoms with E-state index in [2.05, 4.69) is 130 Å². The van der Waals surface area contributed by atoms with Gasteiger partial charge in [-0.05, 0) is 116 Å². The molecule has 0 fully saturated rings. The van der Waals surface area contributed by atoms with Gasteiger partial charge in [-0.25, -0.2) is 0 Å². The molecule has 0 spiro atoms. The van der Waals surface area contributed by atoms with Crippen molar-refractivity contribution in [2.45, 2.75) is 219 Å². The molecule has 0 aromatic heterocycles. The highest BCUT2D eigenvalue weighted by Gasteiger charge is 2.17. The summed E-state index contributed by atoms with van der Waals surface area (Å²) in [5.41, 5.74) is 0. The summed E-state index contributed by atoms with van der Waals surface area (Å²) in [6, 6.07) is 0. The Morgan fingerprint density at radius 3 is 1.18 bits per heavy atom. The molecule has 62 heavy (non-hydrogen) atoms. The molecule has 0 rings (SSSR count). The SMILES string of the molecule is CC/C=C\C/C=C\C/C=C\C/C=C\CCCCCCCCC(=O)OCC(COCCCCCCCC/C=C\C/C=C\CCC)OC(=O)CCCCC/C=C\C/C=C\C/C=C\CC. The molecule has 0 aliphatic carbocycles. The molecule has 0 aromatic carbocycles. The van der Waals surface area contributed by atoms with Crippen LogP contribution in [0.5, 0.6) is 0 Å². The van der Waals surface area contributed by atoms with Gasteiger partial charge in [-0.2, -0.15) is 0 Å². The van der Waals surface area contributed by atoms with Crippen molar-refractivity contribution in [3.63, 3.8) is 0 Å². The number of unbranched alkanes of at least 4 members (excludes halogenated alkanes) is 16. The first-order valence-electron chi connectivity index (χ1n) is 25.4. The molecular formula is C57H94O5. The Labute approximate surface area is 383 Å². The zero-order valence-corrected chi connectivity index (χ0v) is 40.3. The van der Waals surface area contributed by atoms with Crippen LogP contribution in [0.2, 0.25) is 0 Å². The summed E-state index contributed by atoms with van der Waals surface area (Å²) in [5.74, 6) is -0.459. The third-order valence-electron chi connectivity index (χ3n) is 10.3. The number of carbonyl (C=O) groups excluding carboxylic acids is 2. The fourth-order valence-electron chi connectivity index (χ4n) is 6.55. The van der Waals surface area contributed by atoms with Crippen LogP contribution in [0.1, 0.15) is 213 Å². The van der Waals surface area contributed by atoms with E-state index in [1.165, 1.54) is 57.8 Å². The van der Waals surface area contributed by atoms with Crippen LogP contribution in [0.15, 0.2) is 109 Å². The zero-order chi connectivity index (χ0) is 44.9. The topological polar surface area (TPSA) is 61.8 Å². The third kappa shape index (κ3) is 49.2. The number of carbonyl (C=O) groups is 2. The predicted octanol–water partition coefficient (Wildman–Crippen LogP) is 17.2. The molecule has 0 radical (unpaired) electrons. The number of esters is 2. The van der Waals surface area contributed by atoms with E-state index in [0.29, 0.717) is 19.4 Å². The minimum atomic E-state index is -0.569. The summed E-state index contributed by atoms with van der Waals surface area (Å²) >= 11 is 0. The maximum absolute atomic E-state index is 12.8. The smallest absolute Gasteiger partial charge is 0.306 e. The lowest BCUT2D eigenvalue weighted by Gasteiger charge is -2.18. The molecule has 0 aromatic rings. The fourth-order valence-corrected chi connectivity index (χ4v) is 6.55. The van der Waals surface area contributed by atoms with Crippen LogP contribution >= 0.6 is 0 Å². The molecule has 0 N–H and O–H groups in total. The molecule has 0 aliphatic rings. The Morgan fingerprint density at radius 2 is 0.726 bits per heavy atom. The molecule has 1 atom stereocenters. The lowest BCUT2D eigenvalue weighted by Crippen LogP contribution is -2.30. The summed E-state index contributed by atoms with van der Waals surface area (Å²) in [6.45, 7) is 7.46. The highest BCUT2D eigenvalue weighted by Crippen LogP contribution is 2.12. The zero-order valence-electron chi connectivity index (χ0n) is 40.3. The van der Waals surface area contributed by atoms with Crippen LogP contribution in [0, 0.1) is 0 Å². The lowest BCUT2D eigenvalue weighted by molar-refractivity contribution is -0.163. The van der Waals surface area contributed by atoms with E-state index in [4.69, 9.17) is 14.2 Å². The number of allylic oxidation sites excluding steroid dienone is 18. The summed E-state index contributed by atoms with van der Waals surface area (Å²) < 4.78 is 17.3. The van der Waals surface area contributed by atoms with Crippen LogP contribution in [0.3, 0.4) is 0 Å². The third-order valence-corrected chi connectivity index (χ3v) is 10.3. The fraction of sp³-hybridized carbons (Fsp3) is 0.649. The first-order valence-corrected chi connectivity index (χ1v) is 25.4. The Morgan fingerprint density at radius 1 is 0.371 bits per heavy atom. The summed E-state index contributed by atoms with van der Waals surface area (Å²) in [7, 11) is 0. The van der Waals surface area contributed by atoms with Crippen LogP contribution in [-0.4, -0.2) is 37.9 Å².